The first-order chi connectivity index (χ1) is 7.67. The number of carbonyl (C=O) groups excluding carboxylic acids is 4. The van der Waals surface area contributed by atoms with Gasteiger partial charge in [-0.2, -0.15) is 0 Å². The van der Waals surface area contributed by atoms with Crippen LogP contribution in [0.5, 0.6) is 0 Å². The molecule has 0 saturated heterocycles. The summed E-state index contributed by atoms with van der Waals surface area (Å²) in [5.74, 6) is -1.97. The Labute approximate surface area is 102 Å². The zero-order chi connectivity index (χ0) is 13.6. The van der Waals surface area contributed by atoms with Crippen LogP contribution in [0.1, 0.15) is 27.7 Å². The number of amides is 4. The standard InChI is InChI=1S/4C2H5NO.Co/c4*1-2(3)4;/h4*1H3,(H2,3,4);/q;;;;+4/p-4. The van der Waals surface area contributed by atoms with Gasteiger partial charge in [0.05, 0.1) is 0 Å². The molecule has 0 aliphatic carbocycles. The Morgan fingerprint density at radius 3 is 0.882 bits per heavy atom. The van der Waals surface area contributed by atoms with Gasteiger partial charge >= 0.3 is 101 Å². The molecule has 0 aromatic rings. The van der Waals surface area contributed by atoms with E-state index in [4.69, 9.17) is 0 Å². The fourth-order valence-electron chi connectivity index (χ4n) is 0.829. The first-order valence-electron chi connectivity index (χ1n) is 4.48. The molecule has 0 aliphatic rings. The molecule has 8 nitrogen and oxygen atoms in total. The van der Waals surface area contributed by atoms with Crippen LogP contribution in [0.3, 0.4) is 0 Å². The predicted octanol–water partition coefficient (Wildman–Crippen LogP) is -1.66. The van der Waals surface area contributed by atoms with Crippen molar-refractivity contribution >= 4 is 23.6 Å². The summed E-state index contributed by atoms with van der Waals surface area (Å²) in [5.41, 5.74) is 0. The Morgan fingerprint density at radius 2 is 0.765 bits per heavy atom. The number of hydrogen-bond acceptors (Lipinski definition) is 4. The average Bonchev–Trinajstić information content (AvgIpc) is 1.95. The van der Waals surface area contributed by atoms with Crippen LogP contribution >= 0.6 is 0 Å². The molecule has 9 heteroatoms. The van der Waals surface area contributed by atoms with Gasteiger partial charge in [-0.05, 0) is 0 Å². The van der Waals surface area contributed by atoms with Gasteiger partial charge in [-0.1, -0.05) is 0 Å². The van der Waals surface area contributed by atoms with Crippen LogP contribution in [0.4, 0.5) is 0 Å². The van der Waals surface area contributed by atoms with Gasteiger partial charge in [-0.25, -0.2) is 0 Å². The molecule has 101 valence electrons. The molecular weight excluding hydrogens is 275 g/mol. The first-order valence-corrected chi connectivity index (χ1v) is 6.57. The van der Waals surface area contributed by atoms with Crippen molar-refractivity contribution < 1.29 is 32.7 Å². The number of hydrogen-bond donors (Lipinski definition) is 4. The molecule has 0 rings (SSSR count). The zero-order valence-corrected chi connectivity index (χ0v) is 11.0. The van der Waals surface area contributed by atoms with E-state index in [9.17, 15) is 19.2 Å². The monoisotopic (exact) mass is 291 g/mol. The van der Waals surface area contributed by atoms with Gasteiger partial charge in [0.1, 0.15) is 0 Å². The van der Waals surface area contributed by atoms with Crippen LogP contribution in [-0.2, 0) is 32.7 Å². The van der Waals surface area contributed by atoms with E-state index in [-0.39, 0.29) is 0 Å². The van der Waals surface area contributed by atoms with Gasteiger partial charge in [0.25, 0.3) is 0 Å². The quantitative estimate of drug-likeness (QED) is 0.496. The summed E-state index contributed by atoms with van der Waals surface area (Å²) in [7, 11) is 0. The number of carbonyl (C=O) groups is 4. The molecule has 0 bridgehead atoms. The second-order valence-electron chi connectivity index (χ2n) is 3.06. The van der Waals surface area contributed by atoms with E-state index in [1.807, 2.05) is 0 Å². The van der Waals surface area contributed by atoms with Crippen LogP contribution in [0.2, 0.25) is 0 Å². The third-order valence-corrected chi connectivity index (χ3v) is 4.00. The molecule has 0 aromatic heterocycles. The summed E-state index contributed by atoms with van der Waals surface area (Å²) in [5, 5.41) is 0. The van der Waals surface area contributed by atoms with Crippen LogP contribution in [0, 0.1) is 0 Å². The van der Waals surface area contributed by atoms with Gasteiger partial charge in [0, 0.05) is 0 Å². The average molecular weight is 291 g/mol. The molecule has 0 atom stereocenters. The molecule has 0 spiro atoms. The van der Waals surface area contributed by atoms with Crippen LogP contribution in [0.25, 0.3) is 0 Å². The Hall–Kier alpha value is -1.61. The molecule has 0 aromatic carbocycles. The summed E-state index contributed by atoms with van der Waals surface area (Å²) in [6, 6.07) is 0. The fourth-order valence-corrected chi connectivity index (χ4v) is 3.42. The van der Waals surface area contributed by atoms with Crippen molar-refractivity contribution in [2.24, 2.45) is 0 Å². The van der Waals surface area contributed by atoms with Crippen molar-refractivity contribution in [3.8, 4) is 0 Å². The van der Waals surface area contributed by atoms with E-state index >= 15 is 0 Å². The molecular formula is C8H16CoN4O4. The minimum atomic E-state index is -3.10. The summed E-state index contributed by atoms with van der Waals surface area (Å²) >= 11 is -3.10. The van der Waals surface area contributed by atoms with E-state index in [0.717, 1.165) is 0 Å². The van der Waals surface area contributed by atoms with Gasteiger partial charge in [-0.3, -0.25) is 0 Å². The molecule has 0 aliphatic heterocycles. The van der Waals surface area contributed by atoms with E-state index < -0.39 is 37.1 Å². The third kappa shape index (κ3) is 6.53. The van der Waals surface area contributed by atoms with Gasteiger partial charge in [0.2, 0.25) is 0 Å². The van der Waals surface area contributed by atoms with Crippen molar-refractivity contribution in [3.63, 3.8) is 0 Å². The zero-order valence-electron chi connectivity index (χ0n) is 9.97. The topological polar surface area (TPSA) is 116 Å². The Bertz CT molecular complexity index is 288. The summed E-state index contributed by atoms with van der Waals surface area (Å²) in [6.45, 7) is 4.83. The molecule has 0 fully saturated rings. The predicted molar refractivity (Wildman–Crippen MR) is 55.3 cm³/mol. The fraction of sp³-hybridized carbons (Fsp3) is 0.500. The minimum absolute atomic E-state index is 0.492. The van der Waals surface area contributed by atoms with Crippen molar-refractivity contribution in [3.05, 3.63) is 0 Å². The normalized spacial score (nSPS) is 11.1. The summed E-state index contributed by atoms with van der Waals surface area (Å²) in [6.07, 6.45) is 0. The molecule has 4 N–H and O–H groups in total. The van der Waals surface area contributed by atoms with E-state index in [1.54, 1.807) is 0 Å². The SMILES string of the molecule is CC(=O)[NH][Co]([NH]C(C)=O)([NH]C(C)=O)[NH]C(C)=O. The third-order valence-electron chi connectivity index (χ3n) is 0.969. The molecule has 0 unspecified atom stereocenters. The molecule has 0 saturated carbocycles. The second-order valence-corrected chi connectivity index (χ2v) is 5.66. The van der Waals surface area contributed by atoms with E-state index in [1.165, 1.54) is 27.7 Å². The van der Waals surface area contributed by atoms with E-state index in [0.29, 0.717) is 0 Å². The Kier molecular flexibility index (Phi) is 5.61. The maximum absolute atomic E-state index is 11.1. The second kappa shape index (κ2) is 6.20. The summed E-state index contributed by atoms with van der Waals surface area (Å²) < 4.78 is 9.45. The van der Waals surface area contributed by atoms with Gasteiger partial charge < -0.3 is 0 Å². The van der Waals surface area contributed by atoms with Gasteiger partial charge in [0.15, 0.2) is 0 Å². The van der Waals surface area contributed by atoms with Crippen molar-refractivity contribution in [1.29, 1.82) is 0 Å². The van der Waals surface area contributed by atoms with Gasteiger partial charge in [-0.15, -0.1) is 0 Å². The number of rotatable bonds is 4. The Morgan fingerprint density at radius 1 is 0.588 bits per heavy atom. The van der Waals surface area contributed by atoms with Crippen LogP contribution < -0.4 is 17.5 Å². The molecule has 4 amide bonds. The number of nitrogens with one attached hydrogen (secondary N) is 4. The Balaban J connectivity index is 5.16. The van der Waals surface area contributed by atoms with Crippen molar-refractivity contribution in [2.45, 2.75) is 27.7 Å². The first kappa shape index (κ1) is 15.4. The molecule has 17 heavy (non-hydrogen) atoms. The van der Waals surface area contributed by atoms with Crippen LogP contribution in [0.15, 0.2) is 0 Å². The van der Waals surface area contributed by atoms with Crippen LogP contribution in [-0.4, -0.2) is 23.6 Å². The maximum atomic E-state index is 11.1. The molecule has 0 heterocycles. The van der Waals surface area contributed by atoms with E-state index in [2.05, 4.69) is 17.5 Å². The molecule has 0 radical (unpaired) electrons. The summed E-state index contributed by atoms with van der Waals surface area (Å²) in [4.78, 5) is 44.3. The van der Waals surface area contributed by atoms with Crippen molar-refractivity contribution in [2.75, 3.05) is 0 Å². The van der Waals surface area contributed by atoms with Crippen molar-refractivity contribution in [1.82, 2.24) is 17.5 Å².